The van der Waals surface area contributed by atoms with Crippen LogP contribution < -0.4 is 5.73 Å². The van der Waals surface area contributed by atoms with E-state index in [0.717, 1.165) is 6.54 Å². The Morgan fingerprint density at radius 2 is 2.06 bits per heavy atom. The lowest BCUT2D eigenvalue weighted by molar-refractivity contribution is -0.142. The maximum absolute atomic E-state index is 11.1. The summed E-state index contributed by atoms with van der Waals surface area (Å²) in [6.07, 6.45) is 7.27. The summed E-state index contributed by atoms with van der Waals surface area (Å²) in [7, 11) is 3.51. The number of hydrogen-bond acceptors (Lipinski definition) is 4. The van der Waals surface area contributed by atoms with Gasteiger partial charge >= 0.3 is 5.97 Å². The van der Waals surface area contributed by atoms with Crippen molar-refractivity contribution < 1.29 is 9.53 Å². The van der Waals surface area contributed by atoms with Crippen molar-refractivity contribution in [1.82, 2.24) is 4.90 Å². The molecule has 2 N–H and O–H groups in total. The van der Waals surface area contributed by atoms with Crippen molar-refractivity contribution in [1.29, 1.82) is 0 Å². The van der Waals surface area contributed by atoms with Crippen LogP contribution in [-0.4, -0.2) is 43.7 Å². The molecule has 0 bridgehead atoms. The van der Waals surface area contributed by atoms with Gasteiger partial charge < -0.3 is 15.4 Å². The molecular formula is C12H24N2O2. The summed E-state index contributed by atoms with van der Waals surface area (Å²) in [5, 5.41) is 0. The molecule has 1 atom stereocenters. The molecule has 1 unspecified atom stereocenters. The lowest BCUT2D eigenvalue weighted by Gasteiger charge is -2.31. The van der Waals surface area contributed by atoms with Gasteiger partial charge in [-0.1, -0.05) is 19.3 Å². The molecule has 0 spiro atoms. The Hall–Kier alpha value is -0.610. The lowest BCUT2D eigenvalue weighted by atomic mass is 9.94. The summed E-state index contributed by atoms with van der Waals surface area (Å²) in [5.74, 6) is -0.308. The summed E-state index contributed by atoms with van der Waals surface area (Å²) >= 11 is 0. The first-order valence-electron chi connectivity index (χ1n) is 6.18. The smallest absolute Gasteiger partial charge is 0.322 e. The summed E-state index contributed by atoms with van der Waals surface area (Å²) in [6, 6.07) is 0.203. The Morgan fingerprint density at radius 1 is 1.44 bits per heavy atom. The third-order valence-electron chi connectivity index (χ3n) is 3.49. The molecule has 0 aliphatic heterocycles. The number of carbonyl (C=O) groups excluding carboxylic acids is 1. The SMILES string of the molecule is COC(=O)C(N)CCN(C)C1CCCCC1. The number of ether oxygens (including phenoxy) is 1. The quantitative estimate of drug-likeness (QED) is 0.717. The van der Waals surface area contributed by atoms with Crippen molar-refractivity contribution in [3.63, 3.8) is 0 Å². The van der Waals surface area contributed by atoms with Gasteiger partial charge in [0, 0.05) is 12.6 Å². The molecule has 1 saturated carbocycles. The van der Waals surface area contributed by atoms with Gasteiger partial charge in [0.25, 0.3) is 0 Å². The molecule has 0 heterocycles. The molecule has 0 aromatic heterocycles. The van der Waals surface area contributed by atoms with Crippen LogP contribution in [0.2, 0.25) is 0 Å². The number of nitrogens with zero attached hydrogens (tertiary/aromatic N) is 1. The highest BCUT2D eigenvalue weighted by atomic mass is 16.5. The van der Waals surface area contributed by atoms with Crippen LogP contribution >= 0.6 is 0 Å². The number of esters is 1. The maximum atomic E-state index is 11.1. The van der Waals surface area contributed by atoms with Gasteiger partial charge in [-0.25, -0.2) is 0 Å². The van der Waals surface area contributed by atoms with E-state index in [4.69, 9.17) is 5.73 Å². The third-order valence-corrected chi connectivity index (χ3v) is 3.49. The molecule has 1 rings (SSSR count). The summed E-state index contributed by atoms with van der Waals surface area (Å²) in [5.41, 5.74) is 5.70. The maximum Gasteiger partial charge on any atom is 0.322 e. The number of hydrogen-bond donors (Lipinski definition) is 1. The molecule has 1 aliphatic rings. The molecule has 0 amide bonds. The zero-order valence-corrected chi connectivity index (χ0v) is 10.4. The van der Waals surface area contributed by atoms with Crippen LogP contribution in [0.15, 0.2) is 0 Å². The molecule has 0 aromatic rings. The second-order valence-corrected chi connectivity index (χ2v) is 4.69. The first-order chi connectivity index (χ1) is 7.65. The normalized spacial score (nSPS) is 19.8. The fourth-order valence-corrected chi connectivity index (χ4v) is 2.32. The Bertz CT molecular complexity index is 215. The molecule has 1 aliphatic carbocycles. The predicted molar refractivity (Wildman–Crippen MR) is 64.1 cm³/mol. The molecule has 1 fully saturated rings. The average molecular weight is 228 g/mol. The molecule has 4 heteroatoms. The second-order valence-electron chi connectivity index (χ2n) is 4.69. The Balaban J connectivity index is 2.23. The van der Waals surface area contributed by atoms with E-state index in [1.165, 1.54) is 39.2 Å². The molecule has 0 radical (unpaired) electrons. The van der Waals surface area contributed by atoms with Crippen LogP contribution in [-0.2, 0) is 9.53 Å². The van der Waals surface area contributed by atoms with Gasteiger partial charge in [-0.2, -0.15) is 0 Å². The van der Waals surface area contributed by atoms with Gasteiger partial charge in [0.15, 0.2) is 0 Å². The predicted octanol–water partition coefficient (Wildman–Crippen LogP) is 1.14. The minimum Gasteiger partial charge on any atom is -0.468 e. The van der Waals surface area contributed by atoms with Gasteiger partial charge in [-0.3, -0.25) is 4.79 Å². The van der Waals surface area contributed by atoms with Crippen molar-refractivity contribution >= 4 is 5.97 Å². The second kappa shape index (κ2) is 6.86. The summed E-state index contributed by atoms with van der Waals surface area (Å²) in [6.45, 7) is 0.876. The molecule has 0 saturated heterocycles. The zero-order valence-electron chi connectivity index (χ0n) is 10.4. The van der Waals surface area contributed by atoms with Crippen LogP contribution in [0.4, 0.5) is 0 Å². The monoisotopic (exact) mass is 228 g/mol. The highest BCUT2D eigenvalue weighted by Gasteiger charge is 2.20. The van der Waals surface area contributed by atoms with Crippen molar-refractivity contribution in [3.8, 4) is 0 Å². The van der Waals surface area contributed by atoms with Crippen LogP contribution in [0, 0.1) is 0 Å². The summed E-state index contributed by atoms with van der Waals surface area (Å²) < 4.78 is 4.61. The Labute approximate surface area is 98.1 Å². The van der Waals surface area contributed by atoms with E-state index >= 15 is 0 Å². The van der Waals surface area contributed by atoms with Crippen LogP contribution in [0.3, 0.4) is 0 Å². The molecule has 4 nitrogen and oxygen atoms in total. The fraction of sp³-hybridized carbons (Fsp3) is 0.917. The van der Waals surface area contributed by atoms with Crippen molar-refractivity contribution in [2.75, 3.05) is 20.7 Å². The number of rotatable bonds is 5. The highest BCUT2D eigenvalue weighted by molar-refractivity contribution is 5.75. The first kappa shape index (κ1) is 13.5. The molecule has 0 aromatic carbocycles. The van der Waals surface area contributed by atoms with Crippen molar-refractivity contribution in [2.45, 2.75) is 50.6 Å². The van der Waals surface area contributed by atoms with E-state index in [2.05, 4.69) is 16.7 Å². The first-order valence-corrected chi connectivity index (χ1v) is 6.18. The minimum absolute atomic E-state index is 0.308. The van der Waals surface area contributed by atoms with E-state index in [0.29, 0.717) is 12.5 Å². The largest absolute Gasteiger partial charge is 0.468 e. The van der Waals surface area contributed by atoms with Crippen LogP contribution in [0.1, 0.15) is 38.5 Å². The van der Waals surface area contributed by atoms with Gasteiger partial charge in [-0.15, -0.1) is 0 Å². The van der Waals surface area contributed by atoms with Gasteiger partial charge in [0.2, 0.25) is 0 Å². The van der Waals surface area contributed by atoms with Gasteiger partial charge in [-0.05, 0) is 26.3 Å². The third kappa shape index (κ3) is 4.10. The van der Waals surface area contributed by atoms with Gasteiger partial charge in [0.1, 0.15) is 6.04 Å². The number of methoxy groups -OCH3 is 1. The standard InChI is InChI=1S/C12H24N2O2/c1-14(10-6-4-3-5-7-10)9-8-11(13)12(15)16-2/h10-11H,3-9,13H2,1-2H3. The van der Waals surface area contributed by atoms with E-state index in [-0.39, 0.29) is 5.97 Å². The number of carbonyl (C=O) groups is 1. The van der Waals surface area contributed by atoms with Crippen LogP contribution in [0.25, 0.3) is 0 Å². The minimum atomic E-state index is -0.476. The van der Waals surface area contributed by atoms with E-state index in [1.807, 2.05) is 0 Å². The van der Waals surface area contributed by atoms with Gasteiger partial charge in [0.05, 0.1) is 7.11 Å². The molecule has 94 valence electrons. The highest BCUT2D eigenvalue weighted by Crippen LogP contribution is 2.21. The fourth-order valence-electron chi connectivity index (χ4n) is 2.32. The lowest BCUT2D eigenvalue weighted by Crippen LogP contribution is -2.39. The topological polar surface area (TPSA) is 55.6 Å². The van der Waals surface area contributed by atoms with E-state index in [1.54, 1.807) is 0 Å². The Morgan fingerprint density at radius 3 is 2.62 bits per heavy atom. The van der Waals surface area contributed by atoms with Crippen LogP contribution in [0.5, 0.6) is 0 Å². The zero-order chi connectivity index (χ0) is 12.0. The van der Waals surface area contributed by atoms with Crippen molar-refractivity contribution in [2.24, 2.45) is 5.73 Å². The molecular weight excluding hydrogens is 204 g/mol. The average Bonchev–Trinajstić information content (AvgIpc) is 2.35. The van der Waals surface area contributed by atoms with Crippen molar-refractivity contribution in [3.05, 3.63) is 0 Å². The Kier molecular flexibility index (Phi) is 5.77. The number of nitrogens with two attached hydrogens (primary N) is 1. The molecule has 16 heavy (non-hydrogen) atoms. The summed E-state index contributed by atoms with van der Waals surface area (Å²) in [4.78, 5) is 13.5. The van der Waals surface area contributed by atoms with E-state index < -0.39 is 6.04 Å². The van der Waals surface area contributed by atoms with E-state index in [9.17, 15) is 4.79 Å².